The van der Waals surface area contributed by atoms with Crippen molar-refractivity contribution >= 4 is 50.3 Å². The molecule has 1 aliphatic heterocycles. The number of hydrogen-bond acceptors (Lipinski definition) is 6. The number of carbonyl (C=O) groups excluding carboxylic acids is 1. The Morgan fingerprint density at radius 2 is 1.88 bits per heavy atom. The van der Waals surface area contributed by atoms with Crippen LogP contribution in [0.15, 0.2) is 52.5 Å². The van der Waals surface area contributed by atoms with E-state index in [1.54, 1.807) is 6.92 Å². The zero-order valence-electron chi connectivity index (χ0n) is 16.3. The van der Waals surface area contributed by atoms with E-state index in [2.05, 4.69) is 20.6 Å². The molecule has 32 heavy (non-hydrogen) atoms. The summed E-state index contributed by atoms with van der Waals surface area (Å²) in [6, 6.07) is 8.88. The Morgan fingerprint density at radius 3 is 2.44 bits per heavy atom. The number of alkyl halides is 3. The van der Waals surface area contributed by atoms with Gasteiger partial charge in [0, 0.05) is 17.8 Å². The highest BCUT2D eigenvalue weighted by Gasteiger charge is 2.36. The minimum Gasteiger partial charge on any atom is -0.406 e. The van der Waals surface area contributed by atoms with Crippen molar-refractivity contribution in [1.82, 2.24) is 5.43 Å². The van der Waals surface area contributed by atoms with Crippen LogP contribution in [0.4, 0.5) is 24.5 Å². The number of carbonyl (C=O) groups is 1. The number of nitrogens with two attached hydrogens (primary N) is 1. The van der Waals surface area contributed by atoms with Crippen LogP contribution in [-0.4, -0.2) is 38.1 Å². The predicted molar refractivity (Wildman–Crippen MR) is 115 cm³/mol. The van der Waals surface area contributed by atoms with Gasteiger partial charge in [-0.15, -0.1) is 13.2 Å². The lowest BCUT2D eigenvalue weighted by molar-refractivity contribution is -0.274. The first kappa shape index (κ1) is 23.4. The number of benzene rings is 2. The van der Waals surface area contributed by atoms with E-state index in [1.165, 1.54) is 35.2 Å². The first-order valence-electron chi connectivity index (χ1n) is 8.88. The van der Waals surface area contributed by atoms with E-state index in [4.69, 9.17) is 17.4 Å². The molecule has 0 aromatic heterocycles. The molecular formula is C18H16F3N5O4S2. The number of hydrogen-bond donors (Lipinski definition) is 3. The molecule has 0 fully saturated rings. The van der Waals surface area contributed by atoms with Gasteiger partial charge in [0.15, 0.2) is 10.8 Å². The van der Waals surface area contributed by atoms with Crippen molar-refractivity contribution in [2.24, 2.45) is 10.2 Å². The lowest BCUT2D eigenvalue weighted by Gasteiger charge is -2.14. The van der Waals surface area contributed by atoms with Crippen LogP contribution in [0.1, 0.15) is 12.5 Å². The molecule has 14 heteroatoms. The zero-order chi connectivity index (χ0) is 23.7. The molecule has 0 aliphatic carbocycles. The van der Waals surface area contributed by atoms with Gasteiger partial charge >= 0.3 is 6.36 Å². The lowest BCUT2D eigenvalue weighted by atomic mass is 10.1. The number of anilines is 2. The predicted octanol–water partition coefficient (Wildman–Crippen LogP) is 2.29. The third kappa shape index (κ3) is 5.33. The maximum absolute atomic E-state index is 12.7. The number of nitrogens with zero attached hydrogens (tertiary/aromatic N) is 2. The molecule has 2 aromatic carbocycles. The monoisotopic (exact) mass is 487 g/mol. The highest BCUT2D eigenvalue weighted by Crippen LogP contribution is 2.34. The number of thiocarbonyl (C=S) groups is 1. The first-order chi connectivity index (χ1) is 14.9. The number of halogens is 3. The van der Waals surface area contributed by atoms with Crippen LogP contribution in [0.2, 0.25) is 0 Å². The average molecular weight is 487 g/mol. The second-order valence-electron chi connectivity index (χ2n) is 6.37. The third-order valence-electron chi connectivity index (χ3n) is 4.22. The standard InChI is InChI=1S/C18H16F3N5O4S2/c1-2-26-14-8-5-11(30-18(19,20)21)9-13(14)15(16(26)27)24-25-17(31)23-10-3-6-12(7-4-10)32(22,28)29/h3-9H,2H2,1H3,(H2,22,28,29)(H2,23,25,31). The van der Waals surface area contributed by atoms with E-state index >= 15 is 0 Å². The molecule has 0 atom stereocenters. The van der Waals surface area contributed by atoms with Crippen LogP contribution in [0, 0.1) is 0 Å². The second-order valence-corrected chi connectivity index (χ2v) is 8.34. The molecule has 1 amide bonds. The molecule has 1 heterocycles. The number of fused-ring (bicyclic) bond motifs is 1. The Bertz CT molecular complexity index is 1200. The highest BCUT2D eigenvalue weighted by molar-refractivity contribution is 7.89. The van der Waals surface area contributed by atoms with E-state index in [-0.39, 0.29) is 27.8 Å². The molecule has 170 valence electrons. The molecule has 0 saturated heterocycles. The van der Waals surface area contributed by atoms with Crippen LogP contribution in [0.25, 0.3) is 0 Å². The van der Waals surface area contributed by atoms with Crippen LogP contribution in [0.3, 0.4) is 0 Å². The third-order valence-corrected chi connectivity index (χ3v) is 5.34. The zero-order valence-corrected chi connectivity index (χ0v) is 17.9. The maximum atomic E-state index is 12.7. The van der Waals surface area contributed by atoms with Crippen molar-refractivity contribution in [3.05, 3.63) is 48.0 Å². The van der Waals surface area contributed by atoms with E-state index in [9.17, 15) is 26.4 Å². The molecular weight excluding hydrogens is 471 g/mol. The van der Waals surface area contributed by atoms with Gasteiger partial charge < -0.3 is 15.0 Å². The van der Waals surface area contributed by atoms with Crippen molar-refractivity contribution in [1.29, 1.82) is 0 Å². The van der Waals surface area contributed by atoms with E-state index < -0.39 is 28.0 Å². The quantitative estimate of drug-likeness (QED) is 0.436. The van der Waals surface area contributed by atoms with E-state index in [0.717, 1.165) is 12.1 Å². The Morgan fingerprint density at radius 1 is 1.22 bits per heavy atom. The maximum Gasteiger partial charge on any atom is 0.573 e. The van der Waals surface area contributed by atoms with Gasteiger partial charge in [-0.25, -0.2) is 13.6 Å². The summed E-state index contributed by atoms with van der Waals surface area (Å²) in [6.45, 7) is 1.97. The molecule has 0 saturated carbocycles. The molecule has 0 unspecified atom stereocenters. The fourth-order valence-electron chi connectivity index (χ4n) is 2.91. The van der Waals surface area contributed by atoms with E-state index in [0.29, 0.717) is 11.4 Å². The van der Waals surface area contributed by atoms with Gasteiger partial charge in [0.05, 0.1) is 10.6 Å². The van der Waals surface area contributed by atoms with Gasteiger partial charge in [0.25, 0.3) is 5.91 Å². The largest absolute Gasteiger partial charge is 0.573 e. The summed E-state index contributed by atoms with van der Waals surface area (Å²) in [4.78, 5) is 13.9. The number of nitrogens with one attached hydrogen (secondary N) is 2. The molecule has 3 rings (SSSR count). The molecule has 0 spiro atoms. The number of hydrazone groups is 1. The summed E-state index contributed by atoms with van der Waals surface area (Å²) in [5.41, 5.74) is 3.24. The minimum atomic E-state index is -4.89. The SMILES string of the molecule is CCN1C(=O)C(=NNC(=S)Nc2ccc(S(N)(=O)=O)cc2)c2cc(OC(F)(F)F)ccc21. The molecule has 1 aliphatic rings. The van der Waals surface area contributed by atoms with Crippen LogP contribution < -0.4 is 25.5 Å². The van der Waals surface area contributed by atoms with Crippen molar-refractivity contribution in [2.75, 3.05) is 16.8 Å². The van der Waals surface area contributed by atoms with Crippen LogP contribution in [0.5, 0.6) is 5.75 Å². The summed E-state index contributed by atoms with van der Waals surface area (Å²) in [7, 11) is -3.85. The normalized spacial score (nSPS) is 15.0. The fourth-order valence-corrected chi connectivity index (χ4v) is 3.58. The Labute approximate surface area is 186 Å². The molecule has 4 N–H and O–H groups in total. The van der Waals surface area contributed by atoms with Crippen LogP contribution in [-0.2, 0) is 14.8 Å². The summed E-state index contributed by atoms with van der Waals surface area (Å²) >= 11 is 5.10. The summed E-state index contributed by atoms with van der Waals surface area (Å²) in [5, 5.41) is 11.7. The van der Waals surface area contributed by atoms with Gasteiger partial charge in [-0.1, -0.05) is 0 Å². The first-order valence-corrected chi connectivity index (χ1v) is 10.8. The lowest BCUT2D eigenvalue weighted by Crippen LogP contribution is -2.32. The fraction of sp³-hybridized carbons (Fsp3) is 0.167. The van der Waals surface area contributed by atoms with Crippen molar-refractivity contribution < 1.29 is 31.1 Å². The molecule has 0 bridgehead atoms. The highest BCUT2D eigenvalue weighted by atomic mass is 32.2. The van der Waals surface area contributed by atoms with Crippen molar-refractivity contribution in [3.8, 4) is 5.75 Å². The summed E-state index contributed by atoms with van der Waals surface area (Å²) in [5.74, 6) is -1.02. The number of sulfonamides is 1. The number of amides is 1. The number of primary sulfonamides is 1. The Balaban J connectivity index is 1.80. The Kier molecular flexibility index (Phi) is 6.39. The van der Waals surface area contributed by atoms with Gasteiger partial charge in [0.1, 0.15) is 5.75 Å². The van der Waals surface area contributed by atoms with Crippen molar-refractivity contribution in [2.45, 2.75) is 18.2 Å². The number of likely N-dealkylation sites (N-methyl/N-ethyl adjacent to an activating group) is 1. The summed E-state index contributed by atoms with van der Waals surface area (Å²) < 4.78 is 64.2. The van der Waals surface area contributed by atoms with Crippen LogP contribution >= 0.6 is 12.2 Å². The van der Waals surface area contributed by atoms with E-state index in [1.807, 2.05) is 0 Å². The molecule has 0 radical (unpaired) electrons. The van der Waals surface area contributed by atoms with Gasteiger partial charge in [0.2, 0.25) is 10.0 Å². The Hall–Kier alpha value is -3.23. The van der Waals surface area contributed by atoms with Gasteiger partial charge in [-0.05, 0) is 61.6 Å². The average Bonchev–Trinajstić information content (AvgIpc) is 2.95. The van der Waals surface area contributed by atoms with Crippen molar-refractivity contribution in [3.63, 3.8) is 0 Å². The number of rotatable bonds is 5. The molecule has 9 nitrogen and oxygen atoms in total. The smallest absolute Gasteiger partial charge is 0.406 e. The van der Waals surface area contributed by atoms with Gasteiger partial charge in [-0.2, -0.15) is 5.10 Å². The summed E-state index contributed by atoms with van der Waals surface area (Å²) in [6.07, 6.45) is -4.89. The number of ether oxygens (including phenoxy) is 1. The second kappa shape index (κ2) is 8.72. The van der Waals surface area contributed by atoms with Gasteiger partial charge in [-0.3, -0.25) is 10.2 Å². The topological polar surface area (TPSA) is 126 Å². The molecule has 2 aromatic rings. The minimum absolute atomic E-state index is 0.0483.